The fourth-order valence-corrected chi connectivity index (χ4v) is 5.68. The third kappa shape index (κ3) is 6.37. The van der Waals surface area contributed by atoms with Gasteiger partial charge in [-0.05, 0) is 69.3 Å². The highest BCUT2D eigenvalue weighted by molar-refractivity contribution is 6.30. The lowest BCUT2D eigenvalue weighted by Gasteiger charge is -2.31. The molecule has 0 radical (unpaired) electrons. The van der Waals surface area contributed by atoms with E-state index < -0.39 is 11.8 Å². The van der Waals surface area contributed by atoms with E-state index >= 15 is 0 Å². The minimum atomic E-state index is -0.977. The Hall–Kier alpha value is -4.35. The standard InChI is InChI=1S/C31H31ClFN7O3/c1-2-39-19-34-37-29(39)17-40-27-14-21(31(41)42)7-9-26(27)35-28(40)16-38-12-10-20(11-13-38)25-4-3-5-30(36-25)43-18-22-6-8-23(32)15-24(22)33/h3-9,14-15,19-20H,2,10-13,16-18H2,1H3,(H,41,42). The number of fused-ring (bicyclic) bond motifs is 1. The quantitative estimate of drug-likeness (QED) is 0.221. The molecule has 1 saturated heterocycles. The van der Waals surface area contributed by atoms with Gasteiger partial charge in [0.25, 0.3) is 0 Å². The average Bonchev–Trinajstić information content (AvgIpc) is 3.61. The highest BCUT2D eigenvalue weighted by Gasteiger charge is 2.24. The van der Waals surface area contributed by atoms with Gasteiger partial charge in [0.1, 0.15) is 24.6 Å². The highest BCUT2D eigenvalue weighted by atomic mass is 35.5. The largest absolute Gasteiger partial charge is 0.478 e. The number of hydrogen-bond acceptors (Lipinski definition) is 7. The molecule has 0 bridgehead atoms. The minimum Gasteiger partial charge on any atom is -0.478 e. The smallest absolute Gasteiger partial charge is 0.335 e. The van der Waals surface area contributed by atoms with Crippen LogP contribution in [0.1, 0.15) is 58.9 Å². The summed E-state index contributed by atoms with van der Waals surface area (Å²) in [5, 5.41) is 18.3. The molecule has 12 heteroatoms. The molecular formula is C31H31ClFN7O3. The van der Waals surface area contributed by atoms with Crippen LogP contribution in [0.2, 0.25) is 5.02 Å². The van der Waals surface area contributed by atoms with Gasteiger partial charge >= 0.3 is 5.97 Å². The van der Waals surface area contributed by atoms with Crippen LogP contribution in [-0.4, -0.2) is 58.4 Å². The average molecular weight is 604 g/mol. The van der Waals surface area contributed by atoms with Crippen molar-refractivity contribution in [2.24, 2.45) is 0 Å². The molecule has 1 N–H and O–H groups in total. The minimum absolute atomic E-state index is 0.0709. The van der Waals surface area contributed by atoms with Crippen molar-refractivity contribution in [1.29, 1.82) is 0 Å². The van der Waals surface area contributed by atoms with Gasteiger partial charge in [0.2, 0.25) is 5.88 Å². The number of nitrogens with zero attached hydrogens (tertiary/aromatic N) is 7. The SMILES string of the molecule is CCn1cnnc1Cn1c(CN2CCC(c3cccc(OCc4ccc(Cl)cc4F)n3)CC2)nc2ccc(C(=O)O)cc21. The molecule has 4 heterocycles. The zero-order valence-electron chi connectivity index (χ0n) is 23.7. The molecule has 3 aromatic heterocycles. The lowest BCUT2D eigenvalue weighted by molar-refractivity contribution is 0.0697. The van der Waals surface area contributed by atoms with Gasteiger partial charge in [-0.15, -0.1) is 10.2 Å². The molecule has 0 amide bonds. The first-order valence-electron chi connectivity index (χ1n) is 14.2. The summed E-state index contributed by atoms with van der Waals surface area (Å²) in [6.45, 7) is 5.59. The molecule has 10 nitrogen and oxygen atoms in total. The molecule has 5 aromatic rings. The number of aromatic carboxylic acids is 1. The Labute approximate surface area is 252 Å². The summed E-state index contributed by atoms with van der Waals surface area (Å²) in [7, 11) is 0. The zero-order valence-corrected chi connectivity index (χ0v) is 24.4. The molecule has 0 spiro atoms. The van der Waals surface area contributed by atoms with Gasteiger partial charge in [-0.2, -0.15) is 0 Å². The zero-order chi connectivity index (χ0) is 29.9. The number of benzene rings is 2. The van der Waals surface area contributed by atoms with Gasteiger partial charge in [0, 0.05) is 34.8 Å². The van der Waals surface area contributed by atoms with Crippen LogP contribution >= 0.6 is 11.6 Å². The summed E-state index contributed by atoms with van der Waals surface area (Å²) in [6, 6.07) is 15.3. The Bertz CT molecular complexity index is 1760. The number of hydrogen-bond donors (Lipinski definition) is 1. The number of likely N-dealkylation sites (tertiary alicyclic amines) is 1. The van der Waals surface area contributed by atoms with Crippen molar-refractivity contribution in [2.45, 2.75) is 51.9 Å². The summed E-state index contributed by atoms with van der Waals surface area (Å²) in [6.07, 6.45) is 3.53. The van der Waals surface area contributed by atoms with Crippen LogP contribution in [-0.2, 0) is 26.2 Å². The van der Waals surface area contributed by atoms with Gasteiger partial charge in [-0.1, -0.05) is 23.7 Å². The van der Waals surface area contributed by atoms with Crippen LogP contribution in [0.25, 0.3) is 11.0 Å². The Morgan fingerprint density at radius 1 is 1.07 bits per heavy atom. The summed E-state index contributed by atoms with van der Waals surface area (Å²) < 4.78 is 24.0. The van der Waals surface area contributed by atoms with Crippen molar-refractivity contribution in [3.05, 3.63) is 100 Å². The first kappa shape index (κ1) is 28.8. The molecule has 1 aliphatic rings. The van der Waals surface area contributed by atoms with Crippen molar-refractivity contribution in [2.75, 3.05) is 13.1 Å². The van der Waals surface area contributed by atoms with Gasteiger partial charge in [-0.25, -0.2) is 19.2 Å². The fraction of sp³-hybridized carbons (Fsp3) is 0.323. The molecule has 1 fully saturated rings. The Kier molecular flexibility index (Phi) is 8.35. The number of ether oxygens (including phenoxy) is 1. The molecule has 0 aliphatic carbocycles. The van der Waals surface area contributed by atoms with Crippen LogP contribution in [0.5, 0.6) is 5.88 Å². The van der Waals surface area contributed by atoms with Crippen molar-refractivity contribution in [1.82, 2.24) is 34.2 Å². The van der Waals surface area contributed by atoms with Gasteiger partial charge < -0.3 is 19.0 Å². The highest BCUT2D eigenvalue weighted by Crippen LogP contribution is 2.30. The maximum atomic E-state index is 14.2. The van der Waals surface area contributed by atoms with Crippen molar-refractivity contribution in [3.8, 4) is 5.88 Å². The lowest BCUT2D eigenvalue weighted by Crippen LogP contribution is -2.33. The molecule has 1 aliphatic heterocycles. The van der Waals surface area contributed by atoms with E-state index in [2.05, 4.69) is 19.7 Å². The molecule has 222 valence electrons. The molecule has 6 rings (SSSR count). The van der Waals surface area contributed by atoms with Crippen LogP contribution in [0.15, 0.2) is 60.9 Å². The number of piperidine rings is 1. The maximum absolute atomic E-state index is 14.2. The summed E-state index contributed by atoms with van der Waals surface area (Å²) in [4.78, 5) is 23.7. The third-order valence-electron chi connectivity index (χ3n) is 7.92. The topological polar surface area (TPSA) is 111 Å². The number of carboxylic acids is 1. The molecule has 43 heavy (non-hydrogen) atoms. The van der Waals surface area contributed by atoms with E-state index in [-0.39, 0.29) is 18.1 Å². The van der Waals surface area contributed by atoms with E-state index in [4.69, 9.17) is 26.3 Å². The van der Waals surface area contributed by atoms with E-state index in [0.717, 1.165) is 60.9 Å². The van der Waals surface area contributed by atoms with Crippen LogP contribution < -0.4 is 4.74 Å². The number of rotatable bonds is 10. The molecular weight excluding hydrogens is 573 g/mol. The molecule has 0 unspecified atom stereocenters. The number of aromatic nitrogens is 6. The fourth-order valence-electron chi connectivity index (χ4n) is 5.53. The number of aryl methyl sites for hydroxylation is 1. The second kappa shape index (κ2) is 12.5. The second-order valence-electron chi connectivity index (χ2n) is 10.6. The molecule has 0 saturated carbocycles. The first-order valence-corrected chi connectivity index (χ1v) is 14.6. The van der Waals surface area contributed by atoms with Gasteiger partial charge in [-0.3, -0.25) is 4.90 Å². The predicted molar refractivity (Wildman–Crippen MR) is 159 cm³/mol. The molecule has 2 aromatic carbocycles. The van der Waals surface area contributed by atoms with E-state index in [0.29, 0.717) is 29.6 Å². The normalized spacial score (nSPS) is 14.4. The van der Waals surface area contributed by atoms with E-state index in [1.807, 2.05) is 23.6 Å². The van der Waals surface area contributed by atoms with Crippen molar-refractivity contribution >= 4 is 28.6 Å². The van der Waals surface area contributed by atoms with Crippen molar-refractivity contribution in [3.63, 3.8) is 0 Å². The number of imidazole rings is 1. The Morgan fingerprint density at radius 2 is 1.91 bits per heavy atom. The number of pyridine rings is 1. The number of carboxylic acid groups (broad SMARTS) is 1. The van der Waals surface area contributed by atoms with Crippen LogP contribution in [0.4, 0.5) is 4.39 Å². The second-order valence-corrected chi connectivity index (χ2v) is 11.1. The van der Waals surface area contributed by atoms with Crippen molar-refractivity contribution < 1.29 is 19.0 Å². The number of halogens is 2. The van der Waals surface area contributed by atoms with E-state index in [9.17, 15) is 14.3 Å². The third-order valence-corrected chi connectivity index (χ3v) is 8.15. The first-order chi connectivity index (χ1) is 20.9. The van der Waals surface area contributed by atoms with Gasteiger partial charge in [0.05, 0.1) is 29.7 Å². The maximum Gasteiger partial charge on any atom is 0.335 e. The predicted octanol–water partition coefficient (Wildman–Crippen LogP) is 5.54. The van der Waals surface area contributed by atoms with Crippen LogP contribution in [0, 0.1) is 5.82 Å². The van der Waals surface area contributed by atoms with E-state index in [1.165, 1.54) is 6.07 Å². The summed E-state index contributed by atoms with van der Waals surface area (Å²) in [5.74, 6) is 0.990. The summed E-state index contributed by atoms with van der Waals surface area (Å²) in [5.41, 5.74) is 3.10. The monoisotopic (exact) mass is 603 g/mol. The Balaban J connectivity index is 1.14. The Morgan fingerprint density at radius 3 is 2.67 bits per heavy atom. The molecule has 0 atom stereocenters. The van der Waals surface area contributed by atoms with E-state index in [1.54, 1.807) is 42.7 Å². The summed E-state index contributed by atoms with van der Waals surface area (Å²) >= 11 is 5.85. The van der Waals surface area contributed by atoms with Crippen LogP contribution in [0.3, 0.4) is 0 Å². The number of carbonyl (C=O) groups is 1. The van der Waals surface area contributed by atoms with Gasteiger partial charge in [0.15, 0.2) is 5.82 Å². The lowest BCUT2D eigenvalue weighted by atomic mass is 9.93.